The van der Waals surface area contributed by atoms with E-state index in [1.807, 2.05) is 42.3 Å². The van der Waals surface area contributed by atoms with E-state index < -0.39 is 6.10 Å². The Labute approximate surface area is 102 Å². The molecule has 0 aliphatic heterocycles. The second-order valence-corrected chi connectivity index (χ2v) is 3.98. The maximum Gasteiger partial charge on any atom is 0.305 e. The van der Waals surface area contributed by atoms with Crippen molar-refractivity contribution >= 4 is 11.7 Å². The Balaban J connectivity index is 2.36. The predicted octanol–water partition coefficient (Wildman–Crippen LogP) is 1.44. The van der Waals surface area contributed by atoms with Crippen molar-refractivity contribution in [2.24, 2.45) is 0 Å². The van der Waals surface area contributed by atoms with Crippen molar-refractivity contribution in [1.29, 1.82) is 0 Å². The number of carbonyl (C=O) groups excluding carboxylic acids is 1. The molecule has 1 N–H and O–H groups in total. The lowest BCUT2D eigenvalue weighted by Crippen LogP contribution is -2.29. The minimum Gasteiger partial charge on any atom is -0.469 e. The third-order valence-electron chi connectivity index (χ3n) is 2.59. The smallest absolute Gasteiger partial charge is 0.305 e. The maximum absolute atomic E-state index is 10.9. The fraction of sp³-hybridized carbons (Fsp3) is 0.462. The highest BCUT2D eigenvalue weighted by molar-refractivity contribution is 5.69. The highest BCUT2D eigenvalue weighted by atomic mass is 16.5. The molecule has 0 saturated heterocycles. The zero-order valence-electron chi connectivity index (χ0n) is 10.3. The van der Waals surface area contributed by atoms with Crippen LogP contribution in [0.5, 0.6) is 0 Å². The summed E-state index contributed by atoms with van der Waals surface area (Å²) in [5, 5.41) is 9.78. The van der Waals surface area contributed by atoms with Gasteiger partial charge < -0.3 is 14.7 Å². The van der Waals surface area contributed by atoms with Gasteiger partial charge in [0.05, 0.1) is 13.2 Å². The number of hydrogen-bond acceptors (Lipinski definition) is 4. The maximum atomic E-state index is 10.9. The van der Waals surface area contributed by atoms with Crippen molar-refractivity contribution in [3.8, 4) is 0 Å². The van der Waals surface area contributed by atoms with E-state index in [4.69, 9.17) is 0 Å². The number of aliphatic hydroxyl groups is 1. The first-order chi connectivity index (χ1) is 8.13. The van der Waals surface area contributed by atoms with Crippen LogP contribution in [0.3, 0.4) is 0 Å². The number of esters is 1. The number of ether oxygens (including phenoxy) is 1. The highest BCUT2D eigenvalue weighted by Gasteiger charge is 2.11. The number of nitrogens with zero attached hydrogens (tertiary/aromatic N) is 1. The van der Waals surface area contributed by atoms with Gasteiger partial charge in [0.25, 0.3) is 0 Å². The van der Waals surface area contributed by atoms with E-state index in [1.54, 1.807) is 0 Å². The quantitative estimate of drug-likeness (QED) is 0.761. The van der Waals surface area contributed by atoms with Crippen molar-refractivity contribution in [2.75, 3.05) is 25.6 Å². The van der Waals surface area contributed by atoms with Crippen molar-refractivity contribution in [2.45, 2.75) is 18.9 Å². The molecule has 1 aromatic carbocycles. The minimum absolute atomic E-state index is 0.250. The van der Waals surface area contributed by atoms with E-state index in [0.29, 0.717) is 13.0 Å². The monoisotopic (exact) mass is 237 g/mol. The molecule has 4 heteroatoms. The third kappa shape index (κ3) is 4.87. The molecule has 0 saturated carbocycles. The number of rotatable bonds is 6. The van der Waals surface area contributed by atoms with Gasteiger partial charge >= 0.3 is 5.97 Å². The first-order valence-electron chi connectivity index (χ1n) is 5.64. The molecular weight excluding hydrogens is 218 g/mol. The van der Waals surface area contributed by atoms with E-state index in [1.165, 1.54) is 7.11 Å². The van der Waals surface area contributed by atoms with Gasteiger partial charge in [-0.05, 0) is 18.6 Å². The topological polar surface area (TPSA) is 49.8 Å². The molecule has 1 aromatic rings. The van der Waals surface area contributed by atoms with Gasteiger partial charge in [-0.15, -0.1) is 0 Å². The Bertz CT molecular complexity index is 340. The fourth-order valence-electron chi connectivity index (χ4n) is 1.58. The average Bonchev–Trinajstić information content (AvgIpc) is 2.36. The summed E-state index contributed by atoms with van der Waals surface area (Å²) < 4.78 is 4.53. The number of hydrogen-bond donors (Lipinski definition) is 1. The summed E-state index contributed by atoms with van der Waals surface area (Å²) in [5.74, 6) is -0.286. The van der Waals surface area contributed by atoms with E-state index >= 15 is 0 Å². The highest BCUT2D eigenvalue weighted by Crippen LogP contribution is 2.12. The van der Waals surface area contributed by atoms with Gasteiger partial charge in [0.2, 0.25) is 0 Å². The van der Waals surface area contributed by atoms with Gasteiger partial charge in [-0.25, -0.2) is 0 Å². The molecule has 0 radical (unpaired) electrons. The van der Waals surface area contributed by atoms with E-state index in [-0.39, 0.29) is 12.4 Å². The number of anilines is 1. The first kappa shape index (κ1) is 13.5. The van der Waals surface area contributed by atoms with E-state index in [0.717, 1.165) is 5.69 Å². The number of likely N-dealkylation sites (N-methyl/N-ethyl adjacent to an activating group) is 1. The molecule has 4 nitrogen and oxygen atoms in total. The third-order valence-corrected chi connectivity index (χ3v) is 2.59. The van der Waals surface area contributed by atoms with Crippen LogP contribution in [-0.4, -0.2) is 37.9 Å². The van der Waals surface area contributed by atoms with Crippen LogP contribution in [0.1, 0.15) is 12.8 Å². The normalized spacial score (nSPS) is 11.9. The van der Waals surface area contributed by atoms with Crippen LogP contribution in [0.15, 0.2) is 30.3 Å². The summed E-state index contributed by atoms with van der Waals surface area (Å²) >= 11 is 0. The molecule has 0 fully saturated rings. The molecule has 0 amide bonds. The standard InChI is InChI=1S/C13H19NO3/c1-14(11-6-4-3-5-7-11)10-12(15)8-9-13(16)17-2/h3-7,12,15H,8-10H2,1-2H3. The van der Waals surface area contributed by atoms with Crippen molar-refractivity contribution in [3.63, 3.8) is 0 Å². The number of aliphatic hydroxyl groups excluding tert-OH is 1. The number of methoxy groups -OCH3 is 1. The van der Waals surface area contributed by atoms with Crippen LogP contribution in [0, 0.1) is 0 Å². The van der Waals surface area contributed by atoms with Gasteiger partial charge in [-0.2, -0.15) is 0 Å². The fourth-order valence-corrected chi connectivity index (χ4v) is 1.58. The molecule has 17 heavy (non-hydrogen) atoms. The lowest BCUT2D eigenvalue weighted by Gasteiger charge is -2.22. The number of carbonyl (C=O) groups is 1. The second kappa shape index (κ2) is 6.91. The summed E-state index contributed by atoms with van der Waals surface area (Å²) in [7, 11) is 3.27. The van der Waals surface area contributed by atoms with Crippen molar-refractivity contribution in [1.82, 2.24) is 0 Å². The van der Waals surface area contributed by atoms with Crippen LogP contribution < -0.4 is 4.90 Å². The summed E-state index contributed by atoms with van der Waals surface area (Å²) in [6, 6.07) is 9.81. The van der Waals surface area contributed by atoms with Crippen LogP contribution in [-0.2, 0) is 9.53 Å². The SMILES string of the molecule is COC(=O)CCC(O)CN(C)c1ccccc1. The average molecular weight is 237 g/mol. The second-order valence-electron chi connectivity index (χ2n) is 3.98. The van der Waals surface area contributed by atoms with Crippen molar-refractivity contribution in [3.05, 3.63) is 30.3 Å². The summed E-state index contributed by atoms with van der Waals surface area (Å²) in [6.07, 6.45) is 0.142. The molecule has 0 bridgehead atoms. The van der Waals surface area contributed by atoms with Crippen LogP contribution in [0.4, 0.5) is 5.69 Å². The zero-order chi connectivity index (χ0) is 12.7. The van der Waals surface area contributed by atoms with Crippen LogP contribution >= 0.6 is 0 Å². The molecule has 0 heterocycles. The van der Waals surface area contributed by atoms with Gasteiger partial charge in [0.15, 0.2) is 0 Å². The number of benzene rings is 1. The predicted molar refractivity (Wildman–Crippen MR) is 67.0 cm³/mol. The Morgan fingerprint density at radius 1 is 1.41 bits per heavy atom. The van der Waals surface area contributed by atoms with Gasteiger partial charge in [-0.1, -0.05) is 18.2 Å². The molecule has 1 rings (SSSR count). The number of para-hydroxylation sites is 1. The molecule has 1 unspecified atom stereocenters. The van der Waals surface area contributed by atoms with Crippen molar-refractivity contribution < 1.29 is 14.6 Å². The lowest BCUT2D eigenvalue weighted by molar-refractivity contribution is -0.141. The van der Waals surface area contributed by atoms with Gasteiger partial charge in [0.1, 0.15) is 0 Å². The molecular formula is C13H19NO3. The molecule has 0 aliphatic rings. The Morgan fingerprint density at radius 2 is 2.06 bits per heavy atom. The van der Waals surface area contributed by atoms with E-state index in [2.05, 4.69) is 4.74 Å². The van der Waals surface area contributed by atoms with E-state index in [9.17, 15) is 9.90 Å². The van der Waals surface area contributed by atoms with Crippen LogP contribution in [0.25, 0.3) is 0 Å². The Kier molecular flexibility index (Phi) is 5.49. The zero-order valence-corrected chi connectivity index (χ0v) is 10.3. The Hall–Kier alpha value is -1.55. The van der Waals surface area contributed by atoms with Crippen LogP contribution in [0.2, 0.25) is 0 Å². The summed E-state index contributed by atoms with van der Waals surface area (Å²) in [6.45, 7) is 0.501. The Morgan fingerprint density at radius 3 is 2.65 bits per heavy atom. The summed E-state index contributed by atoms with van der Waals surface area (Å²) in [4.78, 5) is 12.9. The summed E-state index contributed by atoms with van der Waals surface area (Å²) in [5.41, 5.74) is 1.05. The minimum atomic E-state index is -0.528. The molecule has 1 atom stereocenters. The molecule has 0 aromatic heterocycles. The van der Waals surface area contributed by atoms with Gasteiger partial charge in [0, 0.05) is 25.7 Å². The first-order valence-corrected chi connectivity index (χ1v) is 5.64. The lowest BCUT2D eigenvalue weighted by atomic mass is 10.2. The van der Waals surface area contributed by atoms with Gasteiger partial charge in [-0.3, -0.25) is 4.79 Å². The molecule has 0 aliphatic carbocycles. The largest absolute Gasteiger partial charge is 0.469 e. The molecule has 0 spiro atoms. The molecule has 94 valence electrons.